The van der Waals surface area contributed by atoms with Crippen LogP contribution in [0.3, 0.4) is 0 Å². The average molecular weight is 482 g/mol. The first-order valence-corrected chi connectivity index (χ1v) is 12.6. The Morgan fingerprint density at radius 1 is 1.31 bits per heavy atom. The van der Waals surface area contributed by atoms with E-state index in [0.717, 1.165) is 29.3 Å². The van der Waals surface area contributed by atoms with Gasteiger partial charge in [0.2, 0.25) is 10.0 Å². The Kier molecular flexibility index (Phi) is 7.57. The molecule has 0 aliphatic heterocycles. The van der Waals surface area contributed by atoms with Gasteiger partial charge in [0, 0.05) is 23.0 Å². The summed E-state index contributed by atoms with van der Waals surface area (Å²) in [6.07, 6.45) is 11.4. The van der Waals surface area contributed by atoms with Gasteiger partial charge in [-0.05, 0) is 73.6 Å². The summed E-state index contributed by atoms with van der Waals surface area (Å²) in [5, 5.41) is 8.73. The number of carboxylic acids is 1. The fraction of sp³-hybridized carbons (Fsp3) is 0.500. The van der Waals surface area contributed by atoms with Gasteiger partial charge in [-0.1, -0.05) is 40.2 Å². The number of aryl methyl sites for hydroxylation is 1. The highest BCUT2D eigenvalue weighted by atomic mass is 79.9. The lowest BCUT2D eigenvalue weighted by Gasteiger charge is -2.22. The van der Waals surface area contributed by atoms with E-state index in [9.17, 15) is 13.2 Å². The van der Waals surface area contributed by atoms with Gasteiger partial charge in [0.1, 0.15) is 0 Å². The Labute approximate surface area is 181 Å². The summed E-state index contributed by atoms with van der Waals surface area (Å²) in [6.45, 7) is 0. The van der Waals surface area contributed by atoms with Crippen molar-refractivity contribution in [2.45, 2.75) is 44.9 Å². The molecule has 158 valence electrons. The molecule has 7 heteroatoms. The molecule has 0 aromatic heterocycles. The van der Waals surface area contributed by atoms with Crippen molar-refractivity contribution in [3.8, 4) is 0 Å². The number of nitrogens with one attached hydrogen (secondary N) is 1. The van der Waals surface area contributed by atoms with E-state index < -0.39 is 16.0 Å². The average Bonchev–Trinajstić information content (AvgIpc) is 3.26. The summed E-state index contributed by atoms with van der Waals surface area (Å²) in [5.74, 6) is 0.592. The van der Waals surface area contributed by atoms with E-state index in [2.05, 4.69) is 32.8 Å². The Morgan fingerprint density at radius 3 is 2.90 bits per heavy atom. The quantitative estimate of drug-likeness (QED) is 0.376. The smallest absolute Gasteiger partial charge is 0.303 e. The predicted octanol–water partition coefficient (Wildman–Crippen LogP) is 4.65. The Balaban J connectivity index is 1.58. The van der Waals surface area contributed by atoms with Crippen LogP contribution in [0.2, 0.25) is 0 Å². The molecule has 0 heterocycles. The summed E-state index contributed by atoms with van der Waals surface area (Å²) in [5.41, 5.74) is 2.17. The number of aliphatic carboxylic acids is 1. The number of halogens is 1. The topological polar surface area (TPSA) is 83.5 Å². The first-order valence-electron chi connectivity index (χ1n) is 10.2. The number of unbranched alkanes of at least 4 members (excludes halogenated alkanes) is 1. The number of carboxylic acid groups (broad SMARTS) is 1. The van der Waals surface area contributed by atoms with E-state index in [-0.39, 0.29) is 18.1 Å². The molecule has 5 nitrogen and oxygen atoms in total. The lowest BCUT2D eigenvalue weighted by molar-refractivity contribution is -0.137. The first-order chi connectivity index (χ1) is 13.8. The van der Waals surface area contributed by atoms with Gasteiger partial charge in [-0.15, -0.1) is 0 Å². The van der Waals surface area contributed by atoms with Gasteiger partial charge in [0.05, 0.1) is 5.75 Å². The number of hydrogen-bond acceptors (Lipinski definition) is 3. The standard InChI is InChI=1S/C22H28BrNO4S/c23-19-6-4-5-16(13-19)11-12-29(27,28)24-15-21-18-10-9-17(14-18)20(21)7-2-1-3-8-22(25)26/h2,4-7,13,15,17-18,20,24H,1,3,8-12,14H2,(H,25,26). The number of hydrogen-bond donors (Lipinski definition) is 2. The number of sulfonamides is 1. The van der Waals surface area contributed by atoms with Gasteiger partial charge in [-0.2, -0.15) is 0 Å². The van der Waals surface area contributed by atoms with Crippen molar-refractivity contribution < 1.29 is 18.3 Å². The van der Waals surface area contributed by atoms with E-state index in [0.29, 0.717) is 24.7 Å². The van der Waals surface area contributed by atoms with Crippen LogP contribution in [-0.4, -0.2) is 25.2 Å². The van der Waals surface area contributed by atoms with E-state index in [4.69, 9.17) is 5.11 Å². The molecule has 2 aliphatic carbocycles. The monoisotopic (exact) mass is 481 g/mol. The number of fused-ring (bicyclic) bond motifs is 2. The van der Waals surface area contributed by atoms with E-state index in [1.165, 1.54) is 12.0 Å². The zero-order chi connectivity index (χ0) is 20.9. The Hall–Kier alpha value is -1.60. The maximum atomic E-state index is 12.5. The Bertz CT molecular complexity index is 894. The molecular formula is C22H28BrNO4S. The zero-order valence-electron chi connectivity index (χ0n) is 16.4. The van der Waals surface area contributed by atoms with Crippen LogP contribution in [0.5, 0.6) is 0 Å². The normalized spacial score (nSPS) is 25.1. The Morgan fingerprint density at radius 2 is 2.14 bits per heavy atom. The lowest BCUT2D eigenvalue weighted by atomic mass is 9.84. The molecular weight excluding hydrogens is 454 g/mol. The predicted molar refractivity (Wildman–Crippen MR) is 118 cm³/mol. The van der Waals surface area contributed by atoms with Crippen LogP contribution in [0.4, 0.5) is 0 Å². The van der Waals surface area contributed by atoms with Gasteiger partial charge >= 0.3 is 5.97 Å². The van der Waals surface area contributed by atoms with E-state index in [1.54, 1.807) is 6.20 Å². The fourth-order valence-electron chi connectivity index (χ4n) is 4.45. The van der Waals surface area contributed by atoms with E-state index >= 15 is 0 Å². The van der Waals surface area contributed by atoms with Crippen molar-refractivity contribution in [3.05, 3.63) is 58.2 Å². The van der Waals surface area contributed by atoms with Crippen LogP contribution in [0.15, 0.2) is 52.7 Å². The molecule has 0 spiro atoms. The van der Waals surface area contributed by atoms with Gasteiger partial charge in [0.15, 0.2) is 0 Å². The van der Waals surface area contributed by atoms with Crippen molar-refractivity contribution in [1.29, 1.82) is 0 Å². The van der Waals surface area contributed by atoms with E-state index in [1.807, 2.05) is 24.3 Å². The molecule has 0 radical (unpaired) electrons. The maximum Gasteiger partial charge on any atom is 0.303 e. The molecule has 2 N–H and O–H groups in total. The van der Waals surface area contributed by atoms with Gasteiger partial charge in [-0.25, -0.2) is 8.42 Å². The van der Waals surface area contributed by atoms with Crippen LogP contribution in [0.1, 0.15) is 44.1 Å². The van der Waals surface area contributed by atoms with Crippen molar-refractivity contribution in [2.75, 3.05) is 5.75 Å². The highest BCUT2D eigenvalue weighted by Crippen LogP contribution is 2.52. The van der Waals surface area contributed by atoms with Gasteiger partial charge in [-0.3, -0.25) is 9.52 Å². The molecule has 3 rings (SSSR count). The molecule has 2 fully saturated rings. The van der Waals surface area contributed by atoms with Crippen LogP contribution in [0, 0.1) is 17.8 Å². The third kappa shape index (κ3) is 6.44. The number of rotatable bonds is 10. The summed E-state index contributed by atoms with van der Waals surface area (Å²) < 4.78 is 28.6. The molecule has 0 saturated heterocycles. The fourth-order valence-corrected chi connectivity index (χ4v) is 5.83. The first kappa shape index (κ1) is 22.1. The molecule has 2 saturated carbocycles. The molecule has 2 aliphatic rings. The van der Waals surface area contributed by atoms with Crippen LogP contribution in [0.25, 0.3) is 0 Å². The SMILES string of the molecule is O=C(O)CCCC=CC1C(=CNS(=O)(=O)CCc2cccc(Br)c2)C2CCC1C2. The summed E-state index contributed by atoms with van der Waals surface area (Å²) in [6, 6.07) is 7.70. The summed E-state index contributed by atoms with van der Waals surface area (Å²) in [7, 11) is -3.39. The number of carbonyl (C=O) groups is 1. The third-order valence-electron chi connectivity index (χ3n) is 5.90. The van der Waals surface area contributed by atoms with Gasteiger partial charge in [0.25, 0.3) is 0 Å². The van der Waals surface area contributed by atoms with Crippen molar-refractivity contribution in [1.82, 2.24) is 4.72 Å². The number of allylic oxidation sites excluding steroid dienone is 3. The van der Waals surface area contributed by atoms with Gasteiger partial charge < -0.3 is 5.11 Å². The van der Waals surface area contributed by atoms with Crippen LogP contribution in [-0.2, 0) is 21.2 Å². The summed E-state index contributed by atoms with van der Waals surface area (Å²) in [4.78, 5) is 10.6. The van der Waals surface area contributed by atoms with Crippen molar-refractivity contribution in [2.24, 2.45) is 17.8 Å². The molecule has 3 unspecified atom stereocenters. The van der Waals surface area contributed by atoms with Crippen LogP contribution < -0.4 is 4.72 Å². The largest absolute Gasteiger partial charge is 0.481 e. The number of benzene rings is 1. The molecule has 1 aromatic rings. The molecule has 3 atom stereocenters. The van der Waals surface area contributed by atoms with Crippen molar-refractivity contribution >= 4 is 31.9 Å². The third-order valence-corrected chi connectivity index (χ3v) is 7.61. The molecule has 2 bridgehead atoms. The minimum absolute atomic E-state index is 0.0526. The highest BCUT2D eigenvalue weighted by molar-refractivity contribution is 9.10. The zero-order valence-corrected chi connectivity index (χ0v) is 18.8. The minimum Gasteiger partial charge on any atom is -0.481 e. The molecule has 1 aromatic carbocycles. The highest BCUT2D eigenvalue weighted by Gasteiger charge is 2.42. The second-order valence-electron chi connectivity index (χ2n) is 7.97. The van der Waals surface area contributed by atoms with Crippen LogP contribution >= 0.6 is 15.9 Å². The molecule has 29 heavy (non-hydrogen) atoms. The summed E-state index contributed by atoms with van der Waals surface area (Å²) >= 11 is 3.41. The van der Waals surface area contributed by atoms with Crippen molar-refractivity contribution in [3.63, 3.8) is 0 Å². The second kappa shape index (κ2) is 9.94. The minimum atomic E-state index is -3.39. The molecule has 0 amide bonds. The lowest BCUT2D eigenvalue weighted by Crippen LogP contribution is -2.24. The maximum absolute atomic E-state index is 12.5. The second-order valence-corrected chi connectivity index (χ2v) is 10.8.